The summed E-state index contributed by atoms with van der Waals surface area (Å²) in [6.07, 6.45) is 1.56. The maximum atomic E-state index is 12.6. The molecular weight excluding hydrogens is 459 g/mol. The van der Waals surface area contributed by atoms with E-state index in [1.807, 2.05) is 0 Å². The molecule has 1 aromatic carbocycles. The first-order valence-electron chi connectivity index (χ1n) is 8.34. The summed E-state index contributed by atoms with van der Waals surface area (Å²) < 4.78 is 10.0. The molecule has 2 heterocycles. The van der Waals surface area contributed by atoms with Crippen LogP contribution in [0.1, 0.15) is 26.6 Å². The minimum Gasteiger partial charge on any atom is -0.459 e. The Balaban J connectivity index is 2.01. The lowest BCUT2D eigenvalue weighted by Gasteiger charge is -2.03. The number of carbonyl (C=O) groups excluding carboxylic acids is 1. The number of methoxy groups -OCH3 is 1. The third-order valence-electron chi connectivity index (χ3n) is 4.00. The fourth-order valence-corrected chi connectivity index (χ4v) is 4.22. The second-order valence-corrected chi connectivity index (χ2v) is 8.11. The number of halogens is 3. The number of aromatic amines is 1. The molecule has 0 spiro atoms. The number of fused-ring (bicyclic) bond motifs is 1. The zero-order chi connectivity index (χ0) is 21.1. The molecule has 0 aliphatic carbocycles. The number of nitrogens with one attached hydrogen (secondary N) is 1. The molecule has 0 saturated carbocycles. The molecular formula is C19H15Cl3N2O4S. The van der Waals surface area contributed by atoms with Gasteiger partial charge in [0.25, 0.3) is 5.56 Å². The average molecular weight is 474 g/mol. The third kappa shape index (κ3) is 4.65. The van der Waals surface area contributed by atoms with Crippen molar-refractivity contribution in [3.8, 4) is 0 Å². The van der Waals surface area contributed by atoms with Crippen LogP contribution in [-0.4, -0.2) is 36.3 Å². The summed E-state index contributed by atoms with van der Waals surface area (Å²) in [7, 11) is 1.51. The van der Waals surface area contributed by atoms with Crippen LogP contribution >= 0.6 is 46.1 Å². The SMILES string of the molecule is COCCOC(=O)c1sc2nc(/C(Cl)=C/c3cccc(Cl)c3Cl)[nH]c(=O)c2c1C. The number of ether oxygens (including phenoxy) is 2. The van der Waals surface area contributed by atoms with Gasteiger partial charge < -0.3 is 14.5 Å². The molecule has 0 fully saturated rings. The summed E-state index contributed by atoms with van der Waals surface area (Å²) in [5.41, 5.74) is 0.681. The van der Waals surface area contributed by atoms with Gasteiger partial charge in [0, 0.05) is 7.11 Å². The van der Waals surface area contributed by atoms with Crippen molar-refractivity contribution in [2.45, 2.75) is 6.92 Å². The van der Waals surface area contributed by atoms with Gasteiger partial charge in [-0.2, -0.15) is 0 Å². The Kier molecular flexibility index (Phi) is 6.97. The highest BCUT2D eigenvalue weighted by Gasteiger charge is 2.21. The van der Waals surface area contributed by atoms with Crippen LogP contribution in [0.5, 0.6) is 0 Å². The van der Waals surface area contributed by atoms with Gasteiger partial charge in [-0.05, 0) is 30.2 Å². The van der Waals surface area contributed by atoms with Crippen molar-refractivity contribution in [2.75, 3.05) is 20.3 Å². The average Bonchev–Trinajstić information content (AvgIpc) is 3.02. The zero-order valence-corrected chi connectivity index (χ0v) is 18.4. The summed E-state index contributed by atoms with van der Waals surface area (Å²) in [6, 6.07) is 5.12. The first kappa shape index (κ1) is 21.8. The van der Waals surface area contributed by atoms with Crippen LogP contribution in [0.2, 0.25) is 10.0 Å². The van der Waals surface area contributed by atoms with E-state index in [9.17, 15) is 9.59 Å². The van der Waals surface area contributed by atoms with Gasteiger partial charge in [0.15, 0.2) is 5.82 Å². The quantitative estimate of drug-likeness (QED) is 0.396. The molecule has 0 saturated heterocycles. The van der Waals surface area contributed by atoms with Crippen molar-refractivity contribution in [2.24, 2.45) is 0 Å². The highest BCUT2D eigenvalue weighted by molar-refractivity contribution is 7.20. The standard InChI is InChI=1S/C19H15Cl3N2O4S/c1-9-13-17(25)23-16(12(21)8-10-4-3-5-11(20)14(10)22)24-18(13)29-15(9)19(26)28-7-6-27-2/h3-5,8H,6-7H2,1-2H3,(H,23,24,25)/b12-8-. The summed E-state index contributed by atoms with van der Waals surface area (Å²) in [4.78, 5) is 32.6. The maximum Gasteiger partial charge on any atom is 0.348 e. The molecule has 0 atom stereocenters. The van der Waals surface area contributed by atoms with Crippen molar-refractivity contribution in [3.05, 3.63) is 60.4 Å². The van der Waals surface area contributed by atoms with Crippen LogP contribution in [0.3, 0.4) is 0 Å². The van der Waals surface area contributed by atoms with E-state index in [0.29, 0.717) is 36.3 Å². The molecule has 2 aromatic heterocycles. The molecule has 0 unspecified atom stereocenters. The maximum absolute atomic E-state index is 12.6. The normalized spacial score (nSPS) is 11.8. The number of aromatic nitrogens is 2. The van der Waals surface area contributed by atoms with E-state index in [0.717, 1.165) is 11.3 Å². The van der Waals surface area contributed by atoms with Crippen molar-refractivity contribution in [1.29, 1.82) is 0 Å². The van der Waals surface area contributed by atoms with E-state index in [1.54, 1.807) is 31.2 Å². The van der Waals surface area contributed by atoms with Crippen molar-refractivity contribution in [1.82, 2.24) is 9.97 Å². The molecule has 0 aliphatic heterocycles. The number of esters is 1. The van der Waals surface area contributed by atoms with Gasteiger partial charge in [0.05, 0.1) is 27.1 Å². The molecule has 3 aromatic rings. The number of hydrogen-bond donors (Lipinski definition) is 1. The van der Waals surface area contributed by atoms with Crippen molar-refractivity contribution in [3.63, 3.8) is 0 Å². The zero-order valence-electron chi connectivity index (χ0n) is 15.3. The van der Waals surface area contributed by atoms with Gasteiger partial charge >= 0.3 is 5.97 Å². The second-order valence-electron chi connectivity index (χ2n) is 5.91. The topological polar surface area (TPSA) is 81.3 Å². The summed E-state index contributed by atoms with van der Waals surface area (Å²) in [5.74, 6) is -0.378. The van der Waals surface area contributed by atoms with Gasteiger partial charge in [-0.25, -0.2) is 9.78 Å². The number of nitrogens with zero attached hydrogens (tertiary/aromatic N) is 1. The Labute approximate surface area is 185 Å². The van der Waals surface area contributed by atoms with Gasteiger partial charge in [-0.3, -0.25) is 4.79 Å². The van der Waals surface area contributed by atoms with Crippen LogP contribution in [0.4, 0.5) is 0 Å². The Morgan fingerprint density at radius 2 is 2.07 bits per heavy atom. The predicted octanol–water partition coefficient (Wildman–Crippen LogP) is 5.14. The second kappa shape index (κ2) is 9.28. The van der Waals surface area contributed by atoms with E-state index in [4.69, 9.17) is 44.3 Å². The van der Waals surface area contributed by atoms with Crippen molar-refractivity contribution >= 4 is 73.4 Å². The van der Waals surface area contributed by atoms with E-state index < -0.39 is 11.5 Å². The van der Waals surface area contributed by atoms with Crippen LogP contribution in [-0.2, 0) is 9.47 Å². The molecule has 0 aliphatic rings. The smallest absolute Gasteiger partial charge is 0.348 e. The summed E-state index contributed by atoms with van der Waals surface area (Å²) >= 11 is 19.6. The summed E-state index contributed by atoms with van der Waals surface area (Å²) in [5, 5.41) is 1.21. The van der Waals surface area contributed by atoms with Crippen LogP contribution in [0, 0.1) is 6.92 Å². The number of carbonyl (C=O) groups is 1. The first-order valence-corrected chi connectivity index (χ1v) is 10.3. The lowest BCUT2D eigenvalue weighted by molar-refractivity contribution is 0.0393. The Morgan fingerprint density at radius 1 is 1.31 bits per heavy atom. The van der Waals surface area contributed by atoms with Gasteiger partial charge in [-0.1, -0.05) is 46.9 Å². The van der Waals surface area contributed by atoms with Gasteiger partial charge in [0.2, 0.25) is 0 Å². The molecule has 29 heavy (non-hydrogen) atoms. The Morgan fingerprint density at radius 3 is 2.79 bits per heavy atom. The van der Waals surface area contributed by atoms with Crippen molar-refractivity contribution < 1.29 is 14.3 Å². The van der Waals surface area contributed by atoms with E-state index in [2.05, 4.69) is 9.97 Å². The number of thiophene rings is 1. The third-order valence-corrected chi connectivity index (χ3v) is 6.28. The minimum absolute atomic E-state index is 0.118. The Hall–Kier alpha value is -1.90. The molecule has 0 bridgehead atoms. The molecule has 1 N–H and O–H groups in total. The van der Waals surface area contributed by atoms with Gasteiger partial charge in [-0.15, -0.1) is 11.3 Å². The largest absolute Gasteiger partial charge is 0.459 e. The fraction of sp³-hybridized carbons (Fsp3) is 0.211. The number of rotatable bonds is 6. The summed E-state index contributed by atoms with van der Waals surface area (Å²) in [6.45, 7) is 2.07. The van der Waals surface area contributed by atoms with E-state index in [-0.39, 0.29) is 24.1 Å². The van der Waals surface area contributed by atoms with Crippen LogP contribution in [0.25, 0.3) is 21.3 Å². The molecule has 0 amide bonds. The molecule has 152 valence electrons. The first-order chi connectivity index (χ1) is 13.8. The minimum atomic E-state index is -0.532. The molecule has 0 radical (unpaired) electrons. The number of hydrogen-bond acceptors (Lipinski definition) is 6. The van der Waals surface area contributed by atoms with E-state index in [1.165, 1.54) is 7.11 Å². The van der Waals surface area contributed by atoms with Crippen LogP contribution < -0.4 is 5.56 Å². The predicted molar refractivity (Wildman–Crippen MR) is 117 cm³/mol. The number of benzene rings is 1. The number of aryl methyl sites for hydroxylation is 1. The lowest BCUT2D eigenvalue weighted by atomic mass is 10.2. The monoisotopic (exact) mass is 472 g/mol. The molecule has 6 nitrogen and oxygen atoms in total. The lowest BCUT2D eigenvalue weighted by Crippen LogP contribution is -2.11. The number of H-pyrrole nitrogens is 1. The van der Waals surface area contributed by atoms with Gasteiger partial charge in [0.1, 0.15) is 16.3 Å². The Bertz CT molecular complexity index is 1170. The van der Waals surface area contributed by atoms with E-state index >= 15 is 0 Å². The molecule has 3 rings (SSSR count). The fourth-order valence-electron chi connectivity index (χ4n) is 2.57. The highest BCUT2D eigenvalue weighted by atomic mass is 35.5. The molecule has 10 heteroatoms. The van der Waals surface area contributed by atoms with Crippen LogP contribution in [0.15, 0.2) is 23.0 Å². The highest BCUT2D eigenvalue weighted by Crippen LogP contribution is 2.31.